The van der Waals surface area contributed by atoms with Crippen molar-refractivity contribution in [1.82, 2.24) is 35.1 Å². The fraction of sp³-hybridized carbons (Fsp3) is 0.182. The summed E-state index contributed by atoms with van der Waals surface area (Å²) in [6.07, 6.45) is 4.66. The van der Waals surface area contributed by atoms with Crippen molar-refractivity contribution in [3.05, 3.63) is 89.3 Å². The number of nitrogens with zero attached hydrogens (tertiary/aromatic N) is 7. The Morgan fingerprint density at radius 3 is 2.73 bits per heavy atom. The number of halogens is 2. The monoisotopic (exact) mass is 448 g/mol. The summed E-state index contributed by atoms with van der Waals surface area (Å²) in [6, 6.07) is 10.1. The van der Waals surface area contributed by atoms with E-state index in [1.165, 1.54) is 12.3 Å². The molecule has 11 heteroatoms. The third-order valence-corrected chi connectivity index (χ3v) is 5.22. The highest BCUT2D eigenvalue weighted by Gasteiger charge is 2.33. The first-order chi connectivity index (χ1) is 15.8. The van der Waals surface area contributed by atoms with Gasteiger partial charge in [-0.2, -0.15) is 15.5 Å². The number of hydrogen-bond acceptors (Lipinski definition) is 6. The van der Waals surface area contributed by atoms with Crippen molar-refractivity contribution in [2.24, 2.45) is 7.05 Å². The Labute approximate surface area is 187 Å². The molecule has 0 spiro atoms. The number of nitrogens with one attached hydrogen (secondary N) is 1. The number of aromatic nitrogens is 6. The van der Waals surface area contributed by atoms with Crippen LogP contribution in [0.25, 0.3) is 5.69 Å². The fourth-order valence-electron chi connectivity index (χ4n) is 3.33. The maximum atomic E-state index is 14.0. The summed E-state index contributed by atoms with van der Waals surface area (Å²) in [5.41, 5.74) is 0.657. The van der Waals surface area contributed by atoms with Crippen molar-refractivity contribution in [2.75, 3.05) is 6.54 Å². The Hall–Kier alpha value is -4.46. The zero-order valence-corrected chi connectivity index (χ0v) is 17.7. The molecule has 1 unspecified atom stereocenters. The zero-order valence-electron chi connectivity index (χ0n) is 17.7. The van der Waals surface area contributed by atoms with Gasteiger partial charge in [-0.1, -0.05) is 6.07 Å². The van der Waals surface area contributed by atoms with Gasteiger partial charge >= 0.3 is 0 Å². The van der Waals surface area contributed by atoms with Gasteiger partial charge in [0, 0.05) is 31.4 Å². The van der Waals surface area contributed by atoms with Crippen molar-refractivity contribution in [1.29, 1.82) is 5.26 Å². The topological polar surface area (TPSA) is 114 Å². The van der Waals surface area contributed by atoms with E-state index < -0.39 is 23.0 Å². The summed E-state index contributed by atoms with van der Waals surface area (Å²) < 4.78 is 28.8. The quantitative estimate of drug-likeness (QED) is 0.484. The number of rotatable bonds is 6. The summed E-state index contributed by atoms with van der Waals surface area (Å²) in [6.45, 7) is 1.98. The van der Waals surface area contributed by atoms with Crippen LogP contribution in [0.3, 0.4) is 0 Å². The lowest BCUT2D eigenvalue weighted by Gasteiger charge is -2.28. The Bertz CT molecular complexity index is 1370. The van der Waals surface area contributed by atoms with Crippen LogP contribution in [0.2, 0.25) is 0 Å². The SMILES string of the molecule is Cn1cc(C(C)(CNC(=O)c2cnn(-c3ccc(F)cc3F)n2)c2cccc(C#N)n2)cn1. The second-order valence-corrected chi connectivity index (χ2v) is 7.55. The van der Waals surface area contributed by atoms with Crippen LogP contribution in [0.1, 0.15) is 34.4 Å². The lowest BCUT2D eigenvalue weighted by atomic mass is 9.80. The van der Waals surface area contributed by atoms with E-state index in [0.29, 0.717) is 11.8 Å². The van der Waals surface area contributed by atoms with E-state index in [1.807, 2.05) is 13.0 Å². The standard InChI is InChI=1S/C22H18F2N8O/c1-22(14-10-27-31(2)12-14,20-5-3-4-16(9-25)29-20)13-26-21(33)18-11-28-32(30-18)19-7-6-15(23)8-17(19)24/h3-8,10-12H,13H2,1-2H3,(H,26,33). The maximum absolute atomic E-state index is 14.0. The molecular formula is C22H18F2N8O. The van der Waals surface area contributed by atoms with Crippen molar-refractivity contribution in [3.8, 4) is 11.8 Å². The van der Waals surface area contributed by atoms with Gasteiger partial charge in [0.15, 0.2) is 11.5 Å². The van der Waals surface area contributed by atoms with E-state index in [9.17, 15) is 18.8 Å². The molecule has 1 amide bonds. The predicted molar refractivity (Wildman–Crippen MR) is 112 cm³/mol. The summed E-state index contributed by atoms with van der Waals surface area (Å²) in [4.78, 5) is 18.1. The Kier molecular flexibility index (Phi) is 5.66. The lowest BCUT2D eigenvalue weighted by Crippen LogP contribution is -2.40. The van der Waals surface area contributed by atoms with Gasteiger partial charge in [0.2, 0.25) is 0 Å². The fourth-order valence-corrected chi connectivity index (χ4v) is 3.33. The second kappa shape index (κ2) is 8.58. The van der Waals surface area contributed by atoms with Gasteiger partial charge in [0.1, 0.15) is 23.3 Å². The third-order valence-electron chi connectivity index (χ3n) is 5.22. The molecule has 0 aliphatic heterocycles. The Morgan fingerprint density at radius 1 is 1.21 bits per heavy atom. The summed E-state index contributed by atoms with van der Waals surface area (Å²) >= 11 is 0. The van der Waals surface area contributed by atoms with E-state index in [0.717, 1.165) is 16.4 Å². The summed E-state index contributed by atoms with van der Waals surface area (Å²) in [5.74, 6) is -2.13. The first kappa shape index (κ1) is 21.8. The van der Waals surface area contributed by atoms with Crippen LogP contribution < -0.4 is 5.32 Å². The van der Waals surface area contributed by atoms with Gasteiger partial charge < -0.3 is 5.32 Å². The molecule has 3 aromatic heterocycles. The van der Waals surface area contributed by atoms with Crippen LogP contribution in [0, 0.1) is 23.0 Å². The van der Waals surface area contributed by atoms with Crippen molar-refractivity contribution in [2.45, 2.75) is 12.3 Å². The Morgan fingerprint density at radius 2 is 2.03 bits per heavy atom. The second-order valence-electron chi connectivity index (χ2n) is 7.55. The first-order valence-corrected chi connectivity index (χ1v) is 9.83. The molecule has 4 aromatic rings. The van der Waals surface area contributed by atoms with Gasteiger partial charge in [-0.15, -0.1) is 9.90 Å². The van der Waals surface area contributed by atoms with Crippen LogP contribution in [-0.4, -0.2) is 42.2 Å². The highest BCUT2D eigenvalue weighted by atomic mass is 19.1. The van der Waals surface area contributed by atoms with Crippen LogP contribution in [-0.2, 0) is 12.5 Å². The number of nitriles is 1. The summed E-state index contributed by atoms with van der Waals surface area (Å²) in [5, 5.41) is 24.2. The molecule has 0 fully saturated rings. The molecule has 0 bridgehead atoms. The molecule has 0 aliphatic carbocycles. The largest absolute Gasteiger partial charge is 0.349 e. The molecule has 0 saturated heterocycles. The minimum absolute atomic E-state index is 0.0500. The number of carbonyl (C=O) groups is 1. The third kappa shape index (κ3) is 4.31. The van der Waals surface area contributed by atoms with E-state index in [2.05, 4.69) is 25.6 Å². The molecule has 1 atom stereocenters. The minimum atomic E-state index is -0.856. The molecular weight excluding hydrogens is 430 g/mol. The number of benzene rings is 1. The van der Waals surface area contributed by atoms with Crippen molar-refractivity contribution >= 4 is 5.91 Å². The molecule has 0 radical (unpaired) electrons. The molecule has 0 aliphatic rings. The average Bonchev–Trinajstić information content (AvgIpc) is 3.47. The normalized spacial score (nSPS) is 12.7. The van der Waals surface area contributed by atoms with Gasteiger partial charge in [-0.25, -0.2) is 13.8 Å². The average molecular weight is 448 g/mol. The van der Waals surface area contributed by atoms with E-state index in [1.54, 1.807) is 42.3 Å². The smallest absolute Gasteiger partial charge is 0.273 e. The van der Waals surface area contributed by atoms with Gasteiger partial charge in [-0.3, -0.25) is 9.48 Å². The van der Waals surface area contributed by atoms with E-state index in [-0.39, 0.29) is 23.6 Å². The molecule has 1 aromatic carbocycles. The molecule has 0 saturated carbocycles. The van der Waals surface area contributed by atoms with Gasteiger partial charge in [0.25, 0.3) is 5.91 Å². The highest BCUT2D eigenvalue weighted by molar-refractivity contribution is 5.92. The lowest BCUT2D eigenvalue weighted by molar-refractivity contribution is 0.0941. The molecule has 166 valence electrons. The molecule has 9 nitrogen and oxygen atoms in total. The highest BCUT2D eigenvalue weighted by Crippen LogP contribution is 2.30. The van der Waals surface area contributed by atoms with E-state index in [4.69, 9.17) is 0 Å². The van der Waals surface area contributed by atoms with Crippen LogP contribution in [0.5, 0.6) is 0 Å². The van der Waals surface area contributed by atoms with Crippen LogP contribution in [0.15, 0.2) is 55.0 Å². The molecule has 3 heterocycles. The predicted octanol–water partition coefficient (Wildman–Crippen LogP) is 2.28. The van der Waals surface area contributed by atoms with Crippen LogP contribution in [0.4, 0.5) is 8.78 Å². The number of carbonyl (C=O) groups excluding carboxylic acids is 1. The Balaban J connectivity index is 1.59. The van der Waals surface area contributed by atoms with Crippen molar-refractivity contribution in [3.63, 3.8) is 0 Å². The van der Waals surface area contributed by atoms with E-state index >= 15 is 0 Å². The molecule has 33 heavy (non-hydrogen) atoms. The number of pyridine rings is 1. The number of amides is 1. The molecule has 4 rings (SSSR count). The molecule has 1 N–H and O–H groups in total. The van der Waals surface area contributed by atoms with Gasteiger partial charge in [0.05, 0.1) is 23.5 Å². The number of aryl methyl sites for hydroxylation is 1. The minimum Gasteiger partial charge on any atom is -0.349 e. The maximum Gasteiger partial charge on any atom is 0.273 e. The summed E-state index contributed by atoms with van der Waals surface area (Å²) in [7, 11) is 1.77. The van der Waals surface area contributed by atoms with Gasteiger partial charge in [-0.05, 0) is 31.2 Å². The van der Waals surface area contributed by atoms with Crippen molar-refractivity contribution < 1.29 is 13.6 Å². The van der Waals surface area contributed by atoms with Crippen LogP contribution >= 0.6 is 0 Å². The zero-order chi connectivity index (χ0) is 23.6. The number of hydrogen-bond donors (Lipinski definition) is 1. The first-order valence-electron chi connectivity index (χ1n) is 9.83.